The summed E-state index contributed by atoms with van der Waals surface area (Å²) < 4.78 is 5.18. The minimum atomic E-state index is -0.417. The van der Waals surface area contributed by atoms with Crippen molar-refractivity contribution < 1.29 is 14.3 Å². The first kappa shape index (κ1) is 17.5. The summed E-state index contributed by atoms with van der Waals surface area (Å²) in [5.74, 6) is 0.156. The molecule has 2 aromatic rings. The van der Waals surface area contributed by atoms with E-state index in [-0.39, 0.29) is 36.4 Å². The molecule has 0 atom stereocenters. The van der Waals surface area contributed by atoms with E-state index < -0.39 is 5.56 Å². The minimum absolute atomic E-state index is 0.0330. The van der Waals surface area contributed by atoms with E-state index in [1.54, 1.807) is 24.1 Å². The number of hydrogen-bond acceptors (Lipinski definition) is 6. The van der Waals surface area contributed by atoms with Crippen molar-refractivity contribution in [3.05, 3.63) is 46.4 Å². The average Bonchev–Trinajstić information content (AvgIpc) is 2.60. The van der Waals surface area contributed by atoms with Gasteiger partial charge in [0.25, 0.3) is 5.56 Å². The largest absolute Gasteiger partial charge is 0.497 e. The number of H-pyrrole nitrogens is 1. The highest BCUT2D eigenvalue weighted by atomic mass is 16.5. The predicted molar refractivity (Wildman–Crippen MR) is 94.9 cm³/mol. The molecule has 1 saturated heterocycles. The van der Waals surface area contributed by atoms with Crippen LogP contribution in [-0.4, -0.2) is 53.4 Å². The second-order valence-electron chi connectivity index (χ2n) is 5.86. The van der Waals surface area contributed by atoms with Gasteiger partial charge in [0.15, 0.2) is 0 Å². The van der Waals surface area contributed by atoms with Crippen LogP contribution in [0, 0.1) is 0 Å². The number of rotatable bonds is 4. The number of benzene rings is 1. The number of aromatic amines is 1. The predicted octanol–water partition coefficient (Wildman–Crippen LogP) is -0.221. The molecule has 1 fully saturated rings. The fraction of sp³-hybridized carbons (Fsp3) is 0.294. The zero-order valence-corrected chi connectivity index (χ0v) is 14.3. The summed E-state index contributed by atoms with van der Waals surface area (Å²) in [5, 5.41) is 0. The first-order valence-corrected chi connectivity index (χ1v) is 8.04. The van der Waals surface area contributed by atoms with Gasteiger partial charge in [-0.15, -0.1) is 0 Å². The summed E-state index contributed by atoms with van der Waals surface area (Å²) in [6, 6.07) is 8.43. The summed E-state index contributed by atoms with van der Waals surface area (Å²) >= 11 is 0. The molecule has 3 N–H and O–H groups in total. The number of nitrogens with two attached hydrogens (primary N) is 1. The van der Waals surface area contributed by atoms with Crippen molar-refractivity contribution in [2.24, 2.45) is 0 Å². The summed E-state index contributed by atoms with van der Waals surface area (Å²) in [4.78, 5) is 45.6. The Kier molecular flexibility index (Phi) is 4.87. The molecule has 136 valence electrons. The zero-order chi connectivity index (χ0) is 18.7. The minimum Gasteiger partial charge on any atom is -0.497 e. The van der Waals surface area contributed by atoms with E-state index in [0.29, 0.717) is 18.8 Å². The van der Waals surface area contributed by atoms with Crippen molar-refractivity contribution in [3.63, 3.8) is 0 Å². The fourth-order valence-corrected chi connectivity index (χ4v) is 2.82. The molecule has 9 nitrogen and oxygen atoms in total. The van der Waals surface area contributed by atoms with Crippen molar-refractivity contribution in [1.82, 2.24) is 14.9 Å². The molecule has 0 aliphatic carbocycles. The highest BCUT2D eigenvalue weighted by Crippen LogP contribution is 2.22. The van der Waals surface area contributed by atoms with E-state index in [9.17, 15) is 14.4 Å². The molecule has 1 aromatic heterocycles. The van der Waals surface area contributed by atoms with Gasteiger partial charge in [-0.1, -0.05) is 6.07 Å². The SMILES string of the molecule is COc1cccc(N2CCN(C(=O)Cc3cc(=O)[nH]c(N)n3)CC2=O)c1. The van der Waals surface area contributed by atoms with Crippen molar-refractivity contribution in [1.29, 1.82) is 0 Å². The normalized spacial score (nSPS) is 14.4. The Morgan fingerprint density at radius 2 is 2.12 bits per heavy atom. The van der Waals surface area contributed by atoms with Crippen LogP contribution in [0.1, 0.15) is 5.69 Å². The number of aromatic nitrogens is 2. The second kappa shape index (κ2) is 7.26. The average molecular weight is 357 g/mol. The lowest BCUT2D eigenvalue weighted by molar-refractivity contribution is -0.136. The number of methoxy groups -OCH3 is 1. The van der Waals surface area contributed by atoms with Gasteiger partial charge >= 0.3 is 0 Å². The maximum Gasteiger partial charge on any atom is 0.252 e. The Hall–Kier alpha value is -3.36. The summed E-state index contributed by atoms with van der Waals surface area (Å²) in [7, 11) is 1.56. The van der Waals surface area contributed by atoms with Crippen LogP contribution in [0.3, 0.4) is 0 Å². The van der Waals surface area contributed by atoms with Crippen molar-refractivity contribution in [3.8, 4) is 5.75 Å². The Morgan fingerprint density at radius 1 is 1.31 bits per heavy atom. The number of hydrogen-bond donors (Lipinski definition) is 2. The van der Waals surface area contributed by atoms with Gasteiger partial charge in [-0.05, 0) is 12.1 Å². The highest BCUT2D eigenvalue weighted by molar-refractivity contribution is 5.98. The van der Waals surface area contributed by atoms with E-state index in [2.05, 4.69) is 9.97 Å². The summed E-state index contributed by atoms with van der Waals surface area (Å²) in [6.45, 7) is 0.734. The third-order valence-electron chi connectivity index (χ3n) is 4.08. The molecule has 2 heterocycles. The Bertz CT molecular complexity index is 895. The number of amides is 2. The van der Waals surface area contributed by atoms with Crippen molar-refractivity contribution in [2.75, 3.05) is 37.4 Å². The van der Waals surface area contributed by atoms with E-state index in [0.717, 1.165) is 5.69 Å². The number of ether oxygens (including phenoxy) is 1. The number of carbonyl (C=O) groups is 2. The number of nitrogens with zero attached hydrogens (tertiary/aromatic N) is 3. The summed E-state index contributed by atoms with van der Waals surface area (Å²) in [5.41, 5.74) is 6.07. The van der Waals surface area contributed by atoms with Crippen LogP contribution in [-0.2, 0) is 16.0 Å². The molecule has 26 heavy (non-hydrogen) atoms. The number of nitrogen functional groups attached to an aromatic ring is 1. The van der Waals surface area contributed by atoms with Crippen LogP contribution < -0.4 is 20.9 Å². The van der Waals surface area contributed by atoms with Crippen LogP contribution >= 0.6 is 0 Å². The number of carbonyl (C=O) groups excluding carboxylic acids is 2. The molecule has 3 rings (SSSR count). The van der Waals surface area contributed by atoms with Gasteiger partial charge in [-0.3, -0.25) is 19.4 Å². The maximum absolute atomic E-state index is 12.5. The van der Waals surface area contributed by atoms with Crippen LogP contribution in [0.5, 0.6) is 5.75 Å². The third kappa shape index (κ3) is 3.82. The quantitative estimate of drug-likeness (QED) is 0.780. The van der Waals surface area contributed by atoms with Gasteiger partial charge in [0, 0.05) is 30.9 Å². The lowest BCUT2D eigenvalue weighted by atomic mass is 10.2. The van der Waals surface area contributed by atoms with Crippen LogP contribution in [0.15, 0.2) is 35.1 Å². The Labute approximate surface area is 149 Å². The number of anilines is 2. The molecular weight excluding hydrogens is 338 g/mol. The van der Waals surface area contributed by atoms with Gasteiger partial charge in [0.1, 0.15) is 12.3 Å². The monoisotopic (exact) mass is 357 g/mol. The van der Waals surface area contributed by atoms with Crippen LogP contribution in [0.4, 0.5) is 11.6 Å². The molecule has 0 saturated carbocycles. The van der Waals surface area contributed by atoms with Crippen molar-refractivity contribution in [2.45, 2.75) is 6.42 Å². The van der Waals surface area contributed by atoms with Crippen LogP contribution in [0.25, 0.3) is 0 Å². The molecule has 9 heteroatoms. The zero-order valence-electron chi connectivity index (χ0n) is 14.3. The van der Waals surface area contributed by atoms with E-state index in [1.165, 1.54) is 11.0 Å². The molecule has 1 aromatic carbocycles. The smallest absolute Gasteiger partial charge is 0.252 e. The van der Waals surface area contributed by atoms with E-state index >= 15 is 0 Å². The number of piperazine rings is 1. The first-order valence-electron chi connectivity index (χ1n) is 8.04. The van der Waals surface area contributed by atoms with E-state index in [4.69, 9.17) is 10.5 Å². The molecule has 1 aliphatic heterocycles. The number of nitrogens with one attached hydrogen (secondary N) is 1. The van der Waals surface area contributed by atoms with Gasteiger partial charge in [0.05, 0.1) is 19.2 Å². The van der Waals surface area contributed by atoms with Gasteiger partial charge in [-0.2, -0.15) is 0 Å². The second-order valence-corrected chi connectivity index (χ2v) is 5.86. The van der Waals surface area contributed by atoms with Gasteiger partial charge in [-0.25, -0.2) is 4.98 Å². The van der Waals surface area contributed by atoms with Gasteiger partial charge in [0.2, 0.25) is 17.8 Å². The van der Waals surface area contributed by atoms with Gasteiger partial charge < -0.3 is 20.3 Å². The lowest BCUT2D eigenvalue weighted by Gasteiger charge is -2.34. The topological polar surface area (TPSA) is 122 Å². The third-order valence-corrected chi connectivity index (χ3v) is 4.08. The standard InChI is InChI=1S/C17H19N5O4/c1-26-13-4-2-3-12(9-13)22-6-5-21(10-16(22)25)15(24)8-11-7-14(23)20-17(18)19-11/h2-4,7,9H,5-6,8,10H2,1H3,(H3,18,19,20,23). The van der Waals surface area contributed by atoms with Crippen LogP contribution in [0.2, 0.25) is 0 Å². The Morgan fingerprint density at radius 3 is 2.81 bits per heavy atom. The molecule has 0 spiro atoms. The lowest BCUT2D eigenvalue weighted by Crippen LogP contribution is -2.52. The van der Waals surface area contributed by atoms with Crippen molar-refractivity contribution >= 4 is 23.5 Å². The molecular formula is C17H19N5O4. The molecule has 0 unspecified atom stereocenters. The molecule has 0 radical (unpaired) electrons. The Balaban J connectivity index is 1.67. The highest BCUT2D eigenvalue weighted by Gasteiger charge is 2.28. The van der Waals surface area contributed by atoms with E-state index in [1.807, 2.05) is 12.1 Å². The maximum atomic E-state index is 12.5. The fourth-order valence-electron chi connectivity index (χ4n) is 2.82. The molecule has 1 aliphatic rings. The molecule has 0 bridgehead atoms. The molecule has 2 amide bonds. The summed E-state index contributed by atoms with van der Waals surface area (Å²) in [6.07, 6.45) is -0.0828. The first-order chi connectivity index (χ1) is 12.5.